The first kappa shape index (κ1) is 16.6. The summed E-state index contributed by atoms with van der Waals surface area (Å²) in [6.07, 6.45) is 0. The van der Waals surface area contributed by atoms with Crippen molar-refractivity contribution in [2.24, 2.45) is 0 Å². The fourth-order valence-corrected chi connectivity index (χ4v) is 4.05. The maximum absolute atomic E-state index is 12.3. The lowest BCUT2D eigenvalue weighted by Crippen LogP contribution is -2.33. The quantitative estimate of drug-likeness (QED) is 0.780. The lowest BCUT2D eigenvalue weighted by molar-refractivity contribution is 0.359. The van der Waals surface area contributed by atoms with Crippen molar-refractivity contribution in [3.05, 3.63) is 17.0 Å². The summed E-state index contributed by atoms with van der Waals surface area (Å²) in [4.78, 5) is 1.97. The molecule has 1 aromatic rings. The molecule has 1 heterocycles. The van der Waals surface area contributed by atoms with Gasteiger partial charge in [0.15, 0.2) is 0 Å². The summed E-state index contributed by atoms with van der Waals surface area (Å²) in [5.74, 6) is 0. The molecule has 0 saturated carbocycles. The van der Waals surface area contributed by atoms with Crippen LogP contribution in [0.5, 0.6) is 0 Å². The van der Waals surface area contributed by atoms with E-state index in [9.17, 15) is 8.42 Å². The SMILES string of the molecule is CCNCc1csc(S(=O)(=O)N(C)CCN(C)C)c1. The number of thiophene rings is 1. The van der Waals surface area contributed by atoms with Gasteiger partial charge in [0.25, 0.3) is 10.0 Å². The van der Waals surface area contributed by atoms with Crippen molar-refractivity contribution >= 4 is 21.4 Å². The molecule has 0 bridgehead atoms. The number of rotatable bonds is 8. The van der Waals surface area contributed by atoms with Gasteiger partial charge >= 0.3 is 0 Å². The number of hydrogen-bond donors (Lipinski definition) is 1. The van der Waals surface area contributed by atoms with Crippen LogP contribution in [0.15, 0.2) is 15.7 Å². The van der Waals surface area contributed by atoms with Gasteiger partial charge in [0, 0.05) is 26.7 Å². The maximum Gasteiger partial charge on any atom is 0.252 e. The van der Waals surface area contributed by atoms with Crippen molar-refractivity contribution in [2.75, 3.05) is 40.8 Å². The van der Waals surface area contributed by atoms with E-state index < -0.39 is 10.0 Å². The standard InChI is InChI=1S/C12H23N3O2S2/c1-5-13-9-11-8-12(18-10-11)19(16,17)15(4)7-6-14(2)3/h8,10,13H,5-7,9H2,1-4H3. The van der Waals surface area contributed by atoms with Crippen molar-refractivity contribution in [3.63, 3.8) is 0 Å². The van der Waals surface area contributed by atoms with Gasteiger partial charge in [-0.05, 0) is 37.6 Å². The first-order valence-electron chi connectivity index (χ1n) is 6.27. The Morgan fingerprint density at radius 3 is 2.53 bits per heavy atom. The fourth-order valence-electron chi connectivity index (χ4n) is 1.47. The minimum atomic E-state index is -3.34. The van der Waals surface area contributed by atoms with E-state index in [-0.39, 0.29) is 0 Å². The summed E-state index contributed by atoms with van der Waals surface area (Å²) >= 11 is 1.29. The van der Waals surface area contributed by atoms with E-state index in [0.29, 0.717) is 23.8 Å². The third-order valence-electron chi connectivity index (χ3n) is 2.74. The predicted molar refractivity (Wildman–Crippen MR) is 80.1 cm³/mol. The minimum Gasteiger partial charge on any atom is -0.313 e. The third-order valence-corrected chi connectivity index (χ3v) is 6.06. The molecule has 1 rings (SSSR count). The molecule has 0 unspecified atom stereocenters. The Morgan fingerprint density at radius 2 is 1.95 bits per heavy atom. The summed E-state index contributed by atoms with van der Waals surface area (Å²) in [6, 6.07) is 1.76. The van der Waals surface area contributed by atoms with Gasteiger partial charge in [-0.3, -0.25) is 0 Å². The predicted octanol–water partition coefficient (Wildman–Crippen LogP) is 1.04. The molecule has 0 saturated heterocycles. The molecule has 0 spiro atoms. The van der Waals surface area contributed by atoms with Crippen LogP contribution >= 0.6 is 11.3 Å². The van der Waals surface area contributed by atoms with E-state index in [2.05, 4.69) is 5.32 Å². The molecule has 0 aliphatic carbocycles. The highest BCUT2D eigenvalue weighted by Gasteiger charge is 2.22. The zero-order valence-corrected chi connectivity index (χ0v) is 13.6. The summed E-state index contributed by atoms with van der Waals surface area (Å²) in [5.41, 5.74) is 1.02. The van der Waals surface area contributed by atoms with E-state index in [4.69, 9.17) is 0 Å². The second-order valence-electron chi connectivity index (χ2n) is 4.68. The number of likely N-dealkylation sites (N-methyl/N-ethyl adjacent to an activating group) is 2. The largest absolute Gasteiger partial charge is 0.313 e. The average Bonchev–Trinajstić information content (AvgIpc) is 2.82. The Labute approximate surface area is 120 Å². The van der Waals surface area contributed by atoms with Gasteiger partial charge in [-0.2, -0.15) is 4.31 Å². The van der Waals surface area contributed by atoms with Crippen LogP contribution < -0.4 is 5.32 Å². The maximum atomic E-state index is 12.3. The molecule has 19 heavy (non-hydrogen) atoms. The monoisotopic (exact) mass is 305 g/mol. The number of nitrogens with one attached hydrogen (secondary N) is 1. The summed E-state index contributed by atoms with van der Waals surface area (Å²) < 4.78 is 26.5. The van der Waals surface area contributed by atoms with Crippen molar-refractivity contribution in [1.82, 2.24) is 14.5 Å². The normalized spacial score (nSPS) is 12.5. The highest BCUT2D eigenvalue weighted by atomic mass is 32.2. The second kappa shape index (κ2) is 7.35. The molecule has 5 nitrogen and oxygen atoms in total. The van der Waals surface area contributed by atoms with Crippen LogP contribution in [0.3, 0.4) is 0 Å². The van der Waals surface area contributed by atoms with E-state index in [0.717, 1.165) is 12.1 Å². The molecule has 110 valence electrons. The Morgan fingerprint density at radius 1 is 1.26 bits per heavy atom. The van der Waals surface area contributed by atoms with E-state index in [1.807, 2.05) is 31.3 Å². The van der Waals surface area contributed by atoms with Crippen LogP contribution in [0, 0.1) is 0 Å². The lowest BCUT2D eigenvalue weighted by Gasteiger charge is -2.18. The smallest absolute Gasteiger partial charge is 0.252 e. The van der Waals surface area contributed by atoms with Crippen LogP contribution in [-0.4, -0.2) is 58.4 Å². The van der Waals surface area contributed by atoms with Gasteiger partial charge in [-0.25, -0.2) is 8.42 Å². The molecule has 0 fully saturated rings. The van der Waals surface area contributed by atoms with Gasteiger partial charge in [0.1, 0.15) is 4.21 Å². The van der Waals surface area contributed by atoms with Crippen LogP contribution in [0.2, 0.25) is 0 Å². The Balaban J connectivity index is 2.73. The van der Waals surface area contributed by atoms with Gasteiger partial charge in [-0.15, -0.1) is 11.3 Å². The van der Waals surface area contributed by atoms with Crippen molar-refractivity contribution < 1.29 is 8.42 Å². The average molecular weight is 305 g/mol. The fraction of sp³-hybridized carbons (Fsp3) is 0.667. The molecule has 0 aliphatic rings. The lowest BCUT2D eigenvalue weighted by atomic mass is 10.3. The molecule has 1 aromatic heterocycles. The molecule has 0 aliphatic heterocycles. The summed E-state index contributed by atoms with van der Waals surface area (Å²) in [6.45, 7) is 4.82. The van der Waals surface area contributed by atoms with Gasteiger partial charge in [-0.1, -0.05) is 6.92 Å². The topological polar surface area (TPSA) is 52.7 Å². The van der Waals surface area contributed by atoms with Crippen LogP contribution in [0.25, 0.3) is 0 Å². The first-order valence-corrected chi connectivity index (χ1v) is 8.59. The molecule has 7 heteroatoms. The second-order valence-corrected chi connectivity index (χ2v) is 7.87. The van der Waals surface area contributed by atoms with Crippen molar-refractivity contribution in [2.45, 2.75) is 17.7 Å². The summed E-state index contributed by atoms with van der Waals surface area (Å²) in [7, 11) is 2.15. The van der Waals surface area contributed by atoms with Gasteiger partial charge in [0.05, 0.1) is 0 Å². The van der Waals surface area contributed by atoms with Gasteiger partial charge in [0.2, 0.25) is 0 Å². The van der Waals surface area contributed by atoms with Crippen LogP contribution in [0.4, 0.5) is 0 Å². The molecular formula is C12H23N3O2S2. The zero-order chi connectivity index (χ0) is 14.5. The summed E-state index contributed by atoms with van der Waals surface area (Å²) in [5, 5.41) is 5.09. The molecular weight excluding hydrogens is 282 g/mol. The molecule has 0 radical (unpaired) electrons. The van der Waals surface area contributed by atoms with Crippen molar-refractivity contribution in [1.29, 1.82) is 0 Å². The Hall–Kier alpha value is -0.470. The zero-order valence-electron chi connectivity index (χ0n) is 12.0. The first-order chi connectivity index (χ1) is 8.87. The van der Waals surface area contributed by atoms with Crippen LogP contribution in [0.1, 0.15) is 12.5 Å². The van der Waals surface area contributed by atoms with Crippen LogP contribution in [-0.2, 0) is 16.6 Å². The molecule has 0 amide bonds. The number of sulfonamides is 1. The number of hydrogen-bond acceptors (Lipinski definition) is 5. The van der Waals surface area contributed by atoms with Gasteiger partial charge < -0.3 is 10.2 Å². The third kappa shape index (κ3) is 4.85. The molecule has 1 N–H and O–H groups in total. The highest BCUT2D eigenvalue weighted by Crippen LogP contribution is 2.23. The molecule has 0 aromatic carbocycles. The van der Waals surface area contributed by atoms with E-state index in [1.165, 1.54) is 15.6 Å². The van der Waals surface area contributed by atoms with E-state index >= 15 is 0 Å². The Kier molecular flexibility index (Phi) is 6.41. The highest BCUT2D eigenvalue weighted by molar-refractivity contribution is 7.91. The minimum absolute atomic E-state index is 0.418. The number of nitrogens with zero attached hydrogens (tertiary/aromatic N) is 2. The van der Waals surface area contributed by atoms with E-state index in [1.54, 1.807) is 13.1 Å². The Bertz CT molecular complexity index is 483. The molecule has 0 atom stereocenters. The van der Waals surface area contributed by atoms with Crippen molar-refractivity contribution in [3.8, 4) is 0 Å².